The van der Waals surface area contributed by atoms with E-state index in [2.05, 4.69) is 10.3 Å². The number of hydrogen-bond acceptors (Lipinski definition) is 4. The first-order valence-corrected chi connectivity index (χ1v) is 11.1. The maximum Gasteiger partial charge on any atom is 0.254 e. The summed E-state index contributed by atoms with van der Waals surface area (Å²) in [5.41, 5.74) is 5.90. The van der Waals surface area contributed by atoms with E-state index in [1.807, 2.05) is 69.3 Å². The van der Waals surface area contributed by atoms with Gasteiger partial charge in [-0.2, -0.15) is 0 Å². The SMILES string of the molecule is Cc1ccc(-c2cnc(-c3ccccc3C(=O)N(C)CC(=O)Nc3cccc(C)c3C)o2)cc1. The second-order valence-corrected chi connectivity index (χ2v) is 8.40. The smallest absolute Gasteiger partial charge is 0.254 e. The summed E-state index contributed by atoms with van der Waals surface area (Å²) >= 11 is 0. The molecule has 2 amide bonds. The zero-order valence-electron chi connectivity index (χ0n) is 19.8. The summed E-state index contributed by atoms with van der Waals surface area (Å²) < 4.78 is 5.99. The Hall–Kier alpha value is -4.19. The molecule has 0 saturated carbocycles. The zero-order valence-corrected chi connectivity index (χ0v) is 19.8. The van der Waals surface area contributed by atoms with E-state index in [-0.39, 0.29) is 18.4 Å². The summed E-state index contributed by atoms with van der Waals surface area (Å²) in [6.45, 7) is 5.89. The number of nitrogens with one attached hydrogen (secondary N) is 1. The molecular formula is C28H27N3O3. The number of amides is 2. The number of aromatic nitrogens is 1. The third-order valence-electron chi connectivity index (χ3n) is 5.84. The Balaban J connectivity index is 1.52. The van der Waals surface area contributed by atoms with Crippen LogP contribution in [0, 0.1) is 20.8 Å². The highest BCUT2D eigenvalue weighted by Crippen LogP contribution is 2.29. The molecule has 0 atom stereocenters. The van der Waals surface area contributed by atoms with Crippen LogP contribution in [-0.2, 0) is 4.79 Å². The fraction of sp³-hybridized carbons (Fsp3) is 0.179. The van der Waals surface area contributed by atoms with Gasteiger partial charge >= 0.3 is 0 Å². The quantitative estimate of drug-likeness (QED) is 0.410. The van der Waals surface area contributed by atoms with Crippen LogP contribution >= 0.6 is 0 Å². The van der Waals surface area contributed by atoms with E-state index in [0.717, 1.165) is 27.9 Å². The first-order valence-electron chi connectivity index (χ1n) is 11.1. The highest BCUT2D eigenvalue weighted by Gasteiger charge is 2.21. The molecule has 4 aromatic rings. The van der Waals surface area contributed by atoms with Crippen LogP contribution in [-0.4, -0.2) is 35.3 Å². The number of hydrogen-bond donors (Lipinski definition) is 1. The molecule has 34 heavy (non-hydrogen) atoms. The van der Waals surface area contributed by atoms with Crippen molar-refractivity contribution in [3.05, 3.63) is 95.2 Å². The molecule has 0 spiro atoms. The second kappa shape index (κ2) is 9.75. The maximum atomic E-state index is 13.2. The third-order valence-corrected chi connectivity index (χ3v) is 5.84. The third kappa shape index (κ3) is 4.91. The van der Waals surface area contributed by atoms with Gasteiger partial charge in [-0.05, 0) is 50.1 Å². The van der Waals surface area contributed by atoms with Gasteiger partial charge in [0.1, 0.15) is 0 Å². The van der Waals surface area contributed by atoms with E-state index >= 15 is 0 Å². The van der Waals surface area contributed by atoms with Crippen LogP contribution in [0.4, 0.5) is 5.69 Å². The van der Waals surface area contributed by atoms with E-state index in [1.54, 1.807) is 31.4 Å². The Kier molecular flexibility index (Phi) is 6.59. The van der Waals surface area contributed by atoms with Crippen molar-refractivity contribution in [1.82, 2.24) is 9.88 Å². The molecule has 0 bridgehead atoms. The number of nitrogens with zero attached hydrogens (tertiary/aromatic N) is 2. The summed E-state index contributed by atoms with van der Waals surface area (Å²) in [4.78, 5) is 31.7. The van der Waals surface area contributed by atoms with Crippen LogP contribution in [0.25, 0.3) is 22.8 Å². The Bertz CT molecular complexity index is 1340. The Labute approximate surface area is 199 Å². The number of rotatable bonds is 6. The van der Waals surface area contributed by atoms with Gasteiger partial charge in [0.15, 0.2) is 5.76 Å². The van der Waals surface area contributed by atoms with Gasteiger partial charge in [-0.3, -0.25) is 9.59 Å². The summed E-state index contributed by atoms with van der Waals surface area (Å²) in [6, 6.07) is 20.8. The van der Waals surface area contributed by atoms with Crippen molar-refractivity contribution in [2.75, 3.05) is 18.9 Å². The molecule has 1 N–H and O–H groups in total. The predicted molar refractivity (Wildman–Crippen MR) is 134 cm³/mol. The van der Waals surface area contributed by atoms with Gasteiger partial charge in [0.05, 0.1) is 18.3 Å². The summed E-state index contributed by atoms with van der Waals surface area (Å²) in [5, 5.41) is 2.90. The minimum absolute atomic E-state index is 0.0826. The lowest BCUT2D eigenvalue weighted by Gasteiger charge is -2.19. The lowest BCUT2D eigenvalue weighted by Crippen LogP contribution is -2.35. The van der Waals surface area contributed by atoms with E-state index in [0.29, 0.717) is 22.8 Å². The zero-order chi connectivity index (χ0) is 24.2. The topological polar surface area (TPSA) is 75.4 Å². The molecule has 1 heterocycles. The standard InChI is InChI=1S/C28H27N3O3/c1-18-12-14-21(15-13-18)25-16-29-27(34-25)22-9-5-6-10-23(22)28(33)31(4)17-26(32)30-24-11-7-8-19(2)20(24)3/h5-16H,17H2,1-4H3,(H,30,32). The van der Waals surface area contributed by atoms with Crippen LogP contribution in [0.3, 0.4) is 0 Å². The summed E-state index contributed by atoms with van der Waals surface area (Å²) in [6.07, 6.45) is 1.66. The van der Waals surface area contributed by atoms with E-state index in [9.17, 15) is 9.59 Å². The Morgan fingerprint density at radius 1 is 0.941 bits per heavy atom. The molecule has 0 saturated heterocycles. The molecule has 3 aromatic carbocycles. The number of anilines is 1. The monoisotopic (exact) mass is 453 g/mol. The maximum absolute atomic E-state index is 13.2. The first kappa shape index (κ1) is 23.0. The minimum atomic E-state index is -0.290. The molecule has 0 radical (unpaired) electrons. The van der Waals surface area contributed by atoms with Gasteiger partial charge in [-0.15, -0.1) is 0 Å². The summed E-state index contributed by atoms with van der Waals surface area (Å²) in [7, 11) is 1.61. The number of benzene rings is 3. The number of aryl methyl sites for hydroxylation is 2. The first-order chi connectivity index (χ1) is 16.3. The van der Waals surface area contributed by atoms with Crippen LogP contribution in [0.1, 0.15) is 27.0 Å². The predicted octanol–water partition coefficient (Wildman–Crippen LogP) is 5.64. The van der Waals surface area contributed by atoms with Crippen LogP contribution < -0.4 is 5.32 Å². The lowest BCUT2D eigenvalue weighted by molar-refractivity contribution is -0.116. The number of carbonyl (C=O) groups excluding carboxylic acids is 2. The van der Waals surface area contributed by atoms with E-state index in [4.69, 9.17) is 4.42 Å². The van der Waals surface area contributed by atoms with Crippen molar-refractivity contribution in [3.8, 4) is 22.8 Å². The molecule has 0 aliphatic carbocycles. The molecule has 6 nitrogen and oxygen atoms in total. The fourth-order valence-electron chi connectivity index (χ4n) is 3.68. The molecular weight excluding hydrogens is 426 g/mol. The molecule has 6 heteroatoms. The van der Waals surface area contributed by atoms with Gasteiger partial charge in [0, 0.05) is 23.9 Å². The average molecular weight is 454 g/mol. The largest absolute Gasteiger partial charge is 0.436 e. The number of carbonyl (C=O) groups is 2. The van der Waals surface area contributed by atoms with Crippen LogP contribution in [0.15, 0.2) is 77.3 Å². The molecule has 0 unspecified atom stereocenters. The van der Waals surface area contributed by atoms with Crippen molar-refractivity contribution in [2.24, 2.45) is 0 Å². The van der Waals surface area contributed by atoms with E-state index < -0.39 is 0 Å². The molecule has 4 rings (SSSR count). The second-order valence-electron chi connectivity index (χ2n) is 8.40. The van der Waals surface area contributed by atoms with Crippen LogP contribution in [0.2, 0.25) is 0 Å². The van der Waals surface area contributed by atoms with Gasteiger partial charge in [0.25, 0.3) is 5.91 Å². The fourth-order valence-corrected chi connectivity index (χ4v) is 3.68. The van der Waals surface area contributed by atoms with Gasteiger partial charge in [-0.25, -0.2) is 4.98 Å². The Morgan fingerprint density at radius 3 is 2.44 bits per heavy atom. The molecule has 0 aliphatic heterocycles. The van der Waals surface area contributed by atoms with Crippen molar-refractivity contribution in [3.63, 3.8) is 0 Å². The van der Waals surface area contributed by atoms with Crippen molar-refractivity contribution in [2.45, 2.75) is 20.8 Å². The van der Waals surface area contributed by atoms with Crippen molar-refractivity contribution < 1.29 is 14.0 Å². The minimum Gasteiger partial charge on any atom is -0.436 e. The van der Waals surface area contributed by atoms with Gasteiger partial charge in [-0.1, -0.05) is 54.1 Å². The normalized spacial score (nSPS) is 10.7. The number of likely N-dealkylation sites (N-methyl/N-ethyl adjacent to an activating group) is 1. The Morgan fingerprint density at radius 2 is 1.68 bits per heavy atom. The highest BCUT2D eigenvalue weighted by molar-refractivity contribution is 6.03. The van der Waals surface area contributed by atoms with E-state index in [1.165, 1.54) is 4.90 Å². The molecule has 0 fully saturated rings. The molecule has 172 valence electrons. The molecule has 0 aliphatic rings. The van der Waals surface area contributed by atoms with Crippen LogP contribution in [0.5, 0.6) is 0 Å². The van der Waals surface area contributed by atoms with Crippen molar-refractivity contribution in [1.29, 1.82) is 0 Å². The summed E-state index contributed by atoms with van der Waals surface area (Å²) in [5.74, 6) is 0.424. The lowest BCUT2D eigenvalue weighted by atomic mass is 10.1. The van der Waals surface area contributed by atoms with Gasteiger partial charge in [0.2, 0.25) is 11.8 Å². The number of oxazole rings is 1. The van der Waals surface area contributed by atoms with Crippen molar-refractivity contribution >= 4 is 17.5 Å². The molecule has 1 aromatic heterocycles. The average Bonchev–Trinajstić information content (AvgIpc) is 3.32. The highest BCUT2D eigenvalue weighted by atomic mass is 16.4. The van der Waals surface area contributed by atoms with Gasteiger partial charge < -0.3 is 14.6 Å².